The van der Waals surface area contributed by atoms with Gasteiger partial charge in [0.1, 0.15) is 5.75 Å². The summed E-state index contributed by atoms with van der Waals surface area (Å²) in [7, 11) is 1.54. The largest absolute Gasteiger partial charge is 0.495 e. The van der Waals surface area contributed by atoms with Gasteiger partial charge in [-0.1, -0.05) is 25.1 Å². The maximum Gasteiger partial charge on any atom is 0.239 e. The van der Waals surface area contributed by atoms with Crippen molar-refractivity contribution in [3.05, 3.63) is 46.7 Å². The molecular weight excluding hydrogens is 428 g/mol. The maximum atomic E-state index is 12.8. The van der Waals surface area contributed by atoms with Crippen LogP contribution in [0, 0.1) is 0 Å². The summed E-state index contributed by atoms with van der Waals surface area (Å²) in [5.41, 5.74) is 0.584. The molecule has 1 aromatic heterocycles. The number of nitrogens with one attached hydrogen (secondary N) is 2. The van der Waals surface area contributed by atoms with Crippen LogP contribution in [-0.2, 0) is 20.9 Å². The Bertz CT molecular complexity index is 873. The fraction of sp³-hybridized carbons (Fsp3) is 0.435. The van der Waals surface area contributed by atoms with Gasteiger partial charge in [0.2, 0.25) is 17.7 Å². The first-order valence-electron chi connectivity index (χ1n) is 10.7. The Kier molecular flexibility index (Phi) is 10.7. The maximum absolute atomic E-state index is 12.8. The van der Waals surface area contributed by atoms with Crippen LogP contribution in [0.2, 0.25) is 0 Å². The van der Waals surface area contributed by atoms with Crippen LogP contribution in [0.3, 0.4) is 0 Å². The number of anilines is 1. The summed E-state index contributed by atoms with van der Waals surface area (Å²) in [5, 5.41) is 7.63. The smallest absolute Gasteiger partial charge is 0.239 e. The second kappa shape index (κ2) is 13.5. The molecule has 0 aliphatic carbocycles. The normalized spacial score (nSPS) is 10.6. The highest BCUT2D eigenvalue weighted by Crippen LogP contribution is 2.22. The summed E-state index contributed by atoms with van der Waals surface area (Å²) in [5.74, 6) is -0.0425. The lowest BCUT2D eigenvalue weighted by atomic mass is 10.3. The van der Waals surface area contributed by atoms with E-state index in [4.69, 9.17) is 4.74 Å². The van der Waals surface area contributed by atoms with Crippen LogP contribution < -0.4 is 15.4 Å². The van der Waals surface area contributed by atoms with E-state index in [1.165, 1.54) is 4.90 Å². The fourth-order valence-corrected chi connectivity index (χ4v) is 3.81. The zero-order valence-electron chi connectivity index (χ0n) is 18.9. The van der Waals surface area contributed by atoms with E-state index in [9.17, 15) is 14.4 Å². The molecule has 0 spiro atoms. The van der Waals surface area contributed by atoms with Gasteiger partial charge in [-0.2, -0.15) is 0 Å². The number of hydrogen-bond donors (Lipinski definition) is 2. The minimum absolute atomic E-state index is 0.00587. The van der Waals surface area contributed by atoms with Gasteiger partial charge in [0.25, 0.3) is 0 Å². The van der Waals surface area contributed by atoms with Gasteiger partial charge in [-0.25, -0.2) is 0 Å². The average Bonchev–Trinajstić information content (AvgIpc) is 3.30. The standard InChI is InChI=1S/C23H32N4O4S/c1-4-12-26(15-22(29)25-19-10-6-7-11-20(19)31-3)17-23(30)27(5-2)16-21(28)24-14-18-9-8-13-32-18/h6-11,13H,4-5,12,14-17H2,1-3H3,(H,24,28)(H,25,29). The highest BCUT2D eigenvalue weighted by Gasteiger charge is 2.20. The van der Waals surface area contributed by atoms with Crippen molar-refractivity contribution in [1.82, 2.24) is 15.1 Å². The van der Waals surface area contributed by atoms with Crippen molar-refractivity contribution >= 4 is 34.7 Å². The molecule has 1 heterocycles. The molecule has 0 unspecified atom stereocenters. The Hall–Kier alpha value is -2.91. The van der Waals surface area contributed by atoms with E-state index in [0.29, 0.717) is 31.1 Å². The van der Waals surface area contributed by atoms with Crippen molar-refractivity contribution < 1.29 is 19.1 Å². The molecule has 3 amide bonds. The molecule has 0 aliphatic heterocycles. The summed E-state index contributed by atoms with van der Waals surface area (Å²) >= 11 is 1.57. The molecule has 0 atom stereocenters. The van der Waals surface area contributed by atoms with Crippen molar-refractivity contribution in [2.45, 2.75) is 26.8 Å². The van der Waals surface area contributed by atoms with Gasteiger partial charge in [-0.05, 0) is 43.5 Å². The molecule has 32 heavy (non-hydrogen) atoms. The van der Waals surface area contributed by atoms with Gasteiger partial charge in [0.05, 0.1) is 39.0 Å². The molecule has 2 aromatic rings. The molecule has 0 saturated heterocycles. The molecule has 0 fully saturated rings. The van der Waals surface area contributed by atoms with Gasteiger partial charge in [-0.15, -0.1) is 11.3 Å². The van der Waals surface area contributed by atoms with Crippen molar-refractivity contribution in [3.8, 4) is 5.75 Å². The van der Waals surface area contributed by atoms with Gasteiger partial charge in [-0.3, -0.25) is 19.3 Å². The lowest BCUT2D eigenvalue weighted by Crippen LogP contribution is -2.46. The number of methoxy groups -OCH3 is 1. The number of nitrogens with zero attached hydrogens (tertiary/aromatic N) is 2. The van der Waals surface area contributed by atoms with E-state index in [1.807, 2.05) is 43.5 Å². The first kappa shape index (κ1) is 25.4. The third kappa shape index (κ3) is 8.32. The molecule has 2 rings (SSSR count). The molecule has 0 aliphatic rings. The fourth-order valence-electron chi connectivity index (χ4n) is 3.17. The first-order valence-corrected chi connectivity index (χ1v) is 11.6. The summed E-state index contributed by atoms with van der Waals surface area (Å²) in [6, 6.07) is 11.1. The minimum atomic E-state index is -0.229. The predicted molar refractivity (Wildman–Crippen MR) is 127 cm³/mol. The van der Waals surface area contributed by atoms with E-state index in [2.05, 4.69) is 10.6 Å². The van der Waals surface area contributed by atoms with Crippen LogP contribution in [0.5, 0.6) is 5.75 Å². The Labute approximate surface area is 193 Å². The number of likely N-dealkylation sites (N-methyl/N-ethyl adjacent to an activating group) is 1. The third-order valence-corrected chi connectivity index (χ3v) is 5.63. The zero-order valence-corrected chi connectivity index (χ0v) is 19.7. The molecule has 0 radical (unpaired) electrons. The molecule has 0 saturated carbocycles. The number of carbonyl (C=O) groups excluding carboxylic acids is 3. The summed E-state index contributed by atoms with van der Waals surface area (Å²) in [4.78, 5) is 42.0. The minimum Gasteiger partial charge on any atom is -0.495 e. The summed E-state index contributed by atoms with van der Waals surface area (Å²) in [6.07, 6.45) is 0.794. The van der Waals surface area contributed by atoms with Gasteiger partial charge < -0.3 is 20.3 Å². The van der Waals surface area contributed by atoms with Crippen molar-refractivity contribution in [2.75, 3.05) is 45.2 Å². The van der Waals surface area contributed by atoms with E-state index >= 15 is 0 Å². The topological polar surface area (TPSA) is 91.0 Å². The van der Waals surface area contributed by atoms with Crippen LogP contribution in [0.1, 0.15) is 25.1 Å². The number of rotatable bonds is 13. The van der Waals surface area contributed by atoms with E-state index in [-0.39, 0.29) is 37.4 Å². The highest BCUT2D eigenvalue weighted by atomic mass is 32.1. The van der Waals surface area contributed by atoms with Crippen LogP contribution in [-0.4, -0.2) is 67.4 Å². The molecule has 174 valence electrons. The molecule has 2 N–H and O–H groups in total. The van der Waals surface area contributed by atoms with Crippen LogP contribution >= 0.6 is 11.3 Å². The molecular formula is C23H32N4O4S. The van der Waals surface area contributed by atoms with Crippen molar-refractivity contribution in [1.29, 1.82) is 0 Å². The second-order valence-electron chi connectivity index (χ2n) is 7.22. The number of para-hydroxylation sites is 2. The van der Waals surface area contributed by atoms with Crippen LogP contribution in [0.4, 0.5) is 5.69 Å². The second-order valence-corrected chi connectivity index (χ2v) is 8.26. The SMILES string of the molecule is CCCN(CC(=O)Nc1ccccc1OC)CC(=O)N(CC)CC(=O)NCc1cccs1. The lowest BCUT2D eigenvalue weighted by Gasteiger charge is -2.26. The Morgan fingerprint density at radius 2 is 1.78 bits per heavy atom. The number of ether oxygens (including phenoxy) is 1. The molecule has 0 bridgehead atoms. The lowest BCUT2D eigenvalue weighted by molar-refractivity contribution is -0.137. The Balaban J connectivity index is 1.89. The molecule has 8 nitrogen and oxygen atoms in total. The van der Waals surface area contributed by atoms with E-state index in [1.54, 1.807) is 35.5 Å². The number of hydrogen-bond acceptors (Lipinski definition) is 6. The van der Waals surface area contributed by atoms with Gasteiger partial charge in [0, 0.05) is 11.4 Å². The van der Waals surface area contributed by atoms with E-state index < -0.39 is 0 Å². The molecule has 9 heteroatoms. The first-order chi connectivity index (χ1) is 15.5. The quantitative estimate of drug-likeness (QED) is 0.479. The monoisotopic (exact) mass is 460 g/mol. The number of carbonyl (C=O) groups is 3. The average molecular weight is 461 g/mol. The van der Waals surface area contributed by atoms with Crippen molar-refractivity contribution in [3.63, 3.8) is 0 Å². The summed E-state index contributed by atoms with van der Waals surface area (Å²) < 4.78 is 5.26. The van der Waals surface area contributed by atoms with E-state index in [0.717, 1.165) is 11.3 Å². The van der Waals surface area contributed by atoms with Crippen LogP contribution in [0.25, 0.3) is 0 Å². The van der Waals surface area contributed by atoms with Gasteiger partial charge >= 0.3 is 0 Å². The number of benzene rings is 1. The predicted octanol–water partition coefficient (Wildman–Crippen LogP) is 2.57. The number of amides is 3. The Morgan fingerprint density at radius 3 is 2.44 bits per heavy atom. The zero-order chi connectivity index (χ0) is 23.3. The van der Waals surface area contributed by atoms with Crippen LogP contribution in [0.15, 0.2) is 41.8 Å². The third-order valence-electron chi connectivity index (χ3n) is 4.76. The highest BCUT2D eigenvalue weighted by molar-refractivity contribution is 7.09. The summed E-state index contributed by atoms with van der Waals surface area (Å²) in [6.45, 7) is 5.42. The Morgan fingerprint density at radius 1 is 1.00 bits per heavy atom. The van der Waals surface area contributed by atoms with Gasteiger partial charge in [0.15, 0.2) is 0 Å². The van der Waals surface area contributed by atoms with Crippen molar-refractivity contribution in [2.24, 2.45) is 0 Å². The molecule has 1 aromatic carbocycles. The number of thiophene rings is 1.